The van der Waals surface area contributed by atoms with Gasteiger partial charge in [0.05, 0.1) is 13.2 Å². The Kier molecular flexibility index (Phi) is 5.33. The summed E-state index contributed by atoms with van der Waals surface area (Å²) in [6.45, 7) is 3.34. The molecule has 1 heterocycles. The predicted molar refractivity (Wildman–Crippen MR) is 76.9 cm³/mol. The van der Waals surface area contributed by atoms with E-state index in [0.29, 0.717) is 19.5 Å². The molecule has 5 heteroatoms. The minimum absolute atomic E-state index is 0.0460. The molecule has 0 amide bonds. The van der Waals surface area contributed by atoms with Crippen LogP contribution in [0.15, 0.2) is 0 Å². The standard InChI is InChI=1S/C17H25F3O2/c1-10-2-4-11(5-3-10)13-8-21-17(22-9-13)12-6-14(18)16(20)15(19)7-12/h10,12-16H,2-9H2,1H3. The molecular formula is C17H25F3O2. The van der Waals surface area contributed by atoms with Crippen LogP contribution in [0, 0.1) is 30.0 Å². The molecule has 2 atom stereocenters. The van der Waals surface area contributed by atoms with Crippen LogP contribution in [0.2, 0.25) is 0 Å². The van der Waals surface area contributed by atoms with Crippen molar-refractivity contribution >= 4 is 0 Å². The van der Waals surface area contributed by atoms with Crippen molar-refractivity contribution in [1.29, 1.82) is 0 Å². The zero-order valence-electron chi connectivity index (χ0n) is 13.1. The van der Waals surface area contributed by atoms with E-state index in [4.69, 9.17) is 9.47 Å². The van der Waals surface area contributed by atoms with Crippen molar-refractivity contribution in [2.24, 2.45) is 17.8 Å². The molecule has 0 N–H and O–H groups in total. The van der Waals surface area contributed by atoms with E-state index >= 15 is 0 Å². The second kappa shape index (κ2) is 7.08. The molecule has 1 saturated heterocycles. The van der Waals surface area contributed by atoms with Gasteiger partial charge in [0.1, 0.15) is 12.3 Å². The van der Waals surface area contributed by atoms with Crippen molar-refractivity contribution in [3.05, 3.63) is 12.2 Å². The summed E-state index contributed by atoms with van der Waals surface area (Å²) in [6.07, 6.45) is -0.621. The molecule has 126 valence electrons. The summed E-state index contributed by atoms with van der Waals surface area (Å²) >= 11 is 0. The molecule has 2 saturated carbocycles. The van der Waals surface area contributed by atoms with E-state index in [0.717, 1.165) is 18.8 Å². The maximum absolute atomic E-state index is 13.5. The molecular weight excluding hydrogens is 293 g/mol. The van der Waals surface area contributed by atoms with Crippen LogP contribution in [-0.4, -0.2) is 31.7 Å². The number of halogens is 3. The lowest BCUT2D eigenvalue weighted by Gasteiger charge is -2.40. The van der Waals surface area contributed by atoms with Crippen LogP contribution < -0.4 is 0 Å². The van der Waals surface area contributed by atoms with Gasteiger partial charge < -0.3 is 9.47 Å². The van der Waals surface area contributed by atoms with Crippen molar-refractivity contribution in [2.45, 2.75) is 64.0 Å². The summed E-state index contributed by atoms with van der Waals surface area (Å²) in [7, 11) is 0. The van der Waals surface area contributed by atoms with Crippen molar-refractivity contribution in [3.8, 4) is 0 Å². The summed E-state index contributed by atoms with van der Waals surface area (Å²) in [5.41, 5.74) is 0. The first-order valence-corrected chi connectivity index (χ1v) is 8.43. The summed E-state index contributed by atoms with van der Waals surface area (Å²) in [5, 5.41) is 0. The first kappa shape index (κ1) is 16.6. The fourth-order valence-electron chi connectivity index (χ4n) is 3.79. The van der Waals surface area contributed by atoms with Crippen LogP contribution in [-0.2, 0) is 9.47 Å². The fourth-order valence-corrected chi connectivity index (χ4v) is 3.79. The monoisotopic (exact) mass is 318 g/mol. The van der Waals surface area contributed by atoms with Crippen LogP contribution in [0.25, 0.3) is 0 Å². The maximum atomic E-state index is 13.5. The molecule has 3 fully saturated rings. The molecule has 1 aliphatic heterocycles. The second-order valence-corrected chi connectivity index (χ2v) is 7.12. The minimum Gasteiger partial charge on any atom is -0.345 e. The largest absolute Gasteiger partial charge is 0.345 e. The van der Waals surface area contributed by atoms with E-state index in [2.05, 4.69) is 6.92 Å². The zero-order chi connectivity index (χ0) is 15.7. The first-order chi connectivity index (χ1) is 10.5. The summed E-state index contributed by atoms with van der Waals surface area (Å²) < 4.78 is 51.5. The van der Waals surface area contributed by atoms with Crippen molar-refractivity contribution in [1.82, 2.24) is 0 Å². The normalized spacial score (nSPS) is 40.9. The molecule has 3 rings (SSSR count). The van der Waals surface area contributed by atoms with Gasteiger partial charge in [-0.15, -0.1) is 0 Å². The lowest BCUT2D eigenvalue weighted by Crippen LogP contribution is -2.42. The topological polar surface area (TPSA) is 18.5 Å². The molecule has 0 aromatic carbocycles. The number of alkyl halides is 3. The minimum atomic E-state index is -2.01. The van der Waals surface area contributed by atoms with E-state index in [-0.39, 0.29) is 18.8 Å². The van der Waals surface area contributed by atoms with Gasteiger partial charge in [0.25, 0.3) is 0 Å². The molecule has 2 aliphatic carbocycles. The molecule has 0 aromatic heterocycles. The Morgan fingerprint density at radius 2 is 1.41 bits per heavy atom. The van der Waals surface area contributed by atoms with Crippen LogP contribution in [0.1, 0.15) is 45.4 Å². The van der Waals surface area contributed by atoms with Gasteiger partial charge in [0.15, 0.2) is 6.17 Å². The average molecular weight is 318 g/mol. The highest BCUT2D eigenvalue weighted by Gasteiger charge is 2.44. The molecule has 0 bridgehead atoms. The second-order valence-electron chi connectivity index (χ2n) is 7.12. The van der Waals surface area contributed by atoms with Crippen molar-refractivity contribution in [3.63, 3.8) is 0 Å². The Morgan fingerprint density at radius 3 is 1.95 bits per heavy atom. The Hall–Kier alpha value is -0.290. The molecule has 2 nitrogen and oxygen atoms in total. The van der Waals surface area contributed by atoms with Gasteiger partial charge in [0.2, 0.25) is 6.29 Å². The lowest BCUT2D eigenvalue weighted by atomic mass is 9.76. The first-order valence-electron chi connectivity index (χ1n) is 8.43. The third-order valence-electron chi connectivity index (χ3n) is 5.39. The molecule has 3 aliphatic rings. The highest BCUT2D eigenvalue weighted by molar-refractivity contribution is 5.02. The third-order valence-corrected chi connectivity index (χ3v) is 5.39. The molecule has 2 unspecified atom stereocenters. The van der Waals surface area contributed by atoms with Crippen molar-refractivity contribution in [2.75, 3.05) is 13.2 Å². The fraction of sp³-hybridized carbons (Fsp3) is 0.882. The number of rotatable bonds is 2. The van der Waals surface area contributed by atoms with Crippen LogP contribution in [0.4, 0.5) is 13.2 Å². The smallest absolute Gasteiger partial charge is 0.227 e. The highest BCUT2D eigenvalue weighted by atomic mass is 19.2. The van der Waals surface area contributed by atoms with E-state index in [1.165, 1.54) is 18.8 Å². The number of hydrogen-bond acceptors (Lipinski definition) is 2. The van der Waals surface area contributed by atoms with E-state index in [1.807, 2.05) is 0 Å². The quantitative estimate of drug-likeness (QED) is 0.754. The van der Waals surface area contributed by atoms with E-state index < -0.39 is 24.4 Å². The molecule has 0 aromatic rings. The van der Waals surface area contributed by atoms with Crippen LogP contribution in [0.5, 0.6) is 0 Å². The maximum Gasteiger partial charge on any atom is 0.227 e. The predicted octanol–water partition coefficient (Wildman–Crippen LogP) is 4.35. The summed E-state index contributed by atoms with van der Waals surface area (Å²) in [6, 6.07) is 0. The van der Waals surface area contributed by atoms with Crippen molar-refractivity contribution < 1.29 is 22.6 Å². The Balaban J connectivity index is 1.47. The zero-order valence-corrected chi connectivity index (χ0v) is 13.1. The van der Waals surface area contributed by atoms with Gasteiger partial charge in [-0.3, -0.25) is 0 Å². The summed E-state index contributed by atoms with van der Waals surface area (Å²) in [4.78, 5) is 0. The molecule has 2 radical (unpaired) electrons. The highest BCUT2D eigenvalue weighted by Crippen LogP contribution is 2.42. The Labute approximate surface area is 130 Å². The van der Waals surface area contributed by atoms with Gasteiger partial charge >= 0.3 is 0 Å². The molecule has 0 spiro atoms. The van der Waals surface area contributed by atoms with Gasteiger partial charge in [0, 0.05) is 11.8 Å². The van der Waals surface area contributed by atoms with E-state index in [1.54, 1.807) is 0 Å². The Bertz CT molecular complexity index is 340. The summed E-state index contributed by atoms with van der Waals surface area (Å²) in [5.74, 6) is 2.11. The molecule has 22 heavy (non-hydrogen) atoms. The number of ether oxygens (including phenoxy) is 2. The Morgan fingerprint density at radius 1 is 0.864 bits per heavy atom. The lowest BCUT2D eigenvalue weighted by molar-refractivity contribution is -0.153. The SMILES string of the molecule is CC1CC[C](C2CO[C](C3CC(F)C(F)C(F)C3)OC2)CC1. The van der Waals surface area contributed by atoms with Gasteiger partial charge in [-0.25, -0.2) is 13.2 Å². The van der Waals surface area contributed by atoms with E-state index in [9.17, 15) is 13.2 Å². The number of hydrogen-bond donors (Lipinski definition) is 0. The van der Waals surface area contributed by atoms with Gasteiger partial charge in [-0.05, 0) is 37.5 Å². The van der Waals surface area contributed by atoms with Crippen LogP contribution >= 0.6 is 0 Å². The average Bonchev–Trinajstić information content (AvgIpc) is 2.53. The third kappa shape index (κ3) is 3.61. The van der Waals surface area contributed by atoms with Gasteiger partial charge in [-0.1, -0.05) is 19.8 Å². The van der Waals surface area contributed by atoms with Gasteiger partial charge in [-0.2, -0.15) is 0 Å². The van der Waals surface area contributed by atoms with Crippen LogP contribution in [0.3, 0.4) is 0 Å².